The lowest BCUT2D eigenvalue weighted by Gasteiger charge is -2.18. The molecule has 0 radical (unpaired) electrons. The van der Waals surface area contributed by atoms with Crippen LogP contribution >= 0.6 is 0 Å². The fraction of sp³-hybridized carbons (Fsp3) is 0.250. The summed E-state index contributed by atoms with van der Waals surface area (Å²) in [7, 11) is 0. The third-order valence-corrected chi connectivity index (χ3v) is 0.738. The highest BCUT2D eigenvalue weighted by molar-refractivity contribution is 5.93. The molecule has 38 valence electrons. The van der Waals surface area contributed by atoms with Crippen LogP contribution in [0.25, 0.3) is 0 Å². The summed E-state index contributed by atoms with van der Waals surface area (Å²) >= 11 is 0. The predicted octanol–water partition coefficient (Wildman–Crippen LogP) is -0.117. The highest BCUT2D eigenvalue weighted by Crippen LogP contribution is 1.95. The molecule has 1 heterocycles. The van der Waals surface area contributed by atoms with Crippen LogP contribution < -0.4 is 0 Å². The van der Waals surface area contributed by atoms with E-state index in [4.69, 9.17) is 0 Å². The summed E-state index contributed by atoms with van der Waals surface area (Å²) in [4.78, 5) is 10.1. The van der Waals surface area contributed by atoms with Gasteiger partial charge >= 0.3 is 0 Å². The highest BCUT2D eigenvalue weighted by Gasteiger charge is 2.00. The molecule has 0 saturated carbocycles. The van der Waals surface area contributed by atoms with E-state index in [1.54, 1.807) is 0 Å². The third kappa shape index (κ3) is 0.778. The van der Waals surface area contributed by atoms with Crippen LogP contribution in [0.2, 0.25) is 0 Å². The van der Waals surface area contributed by atoms with Crippen molar-refractivity contribution in [1.29, 1.82) is 0 Å². The summed E-state index contributed by atoms with van der Waals surface area (Å²) in [6, 6.07) is 0. The molecule has 3 heteroatoms. The maximum atomic E-state index is 10.1. The van der Waals surface area contributed by atoms with Crippen molar-refractivity contribution in [2.75, 3.05) is 6.54 Å². The average Bonchev–Trinajstić information content (AvgIpc) is 1.87. The maximum Gasteiger partial charge on any atom is 0.175 e. The molecular formula is C4H4NO2-. The minimum atomic E-state index is -0.116. The molecule has 0 atom stereocenters. The lowest BCUT2D eigenvalue weighted by Crippen LogP contribution is -2.09. The largest absolute Gasteiger partial charge is 0.758 e. The van der Waals surface area contributed by atoms with Gasteiger partial charge in [-0.3, -0.25) is 4.79 Å². The molecule has 0 N–H and O–H groups in total. The van der Waals surface area contributed by atoms with Gasteiger partial charge in [0.1, 0.15) is 0 Å². The van der Waals surface area contributed by atoms with E-state index in [1.807, 2.05) is 0 Å². The minimum Gasteiger partial charge on any atom is -0.758 e. The summed E-state index contributed by atoms with van der Waals surface area (Å²) in [5.41, 5.74) is 0. The zero-order chi connectivity index (χ0) is 5.28. The number of carbonyl (C=O) groups is 1. The molecule has 1 aliphatic heterocycles. The number of hydrogen-bond acceptors (Lipinski definition) is 3. The highest BCUT2D eigenvalue weighted by atomic mass is 16.5. The van der Waals surface area contributed by atoms with Crippen LogP contribution in [0, 0.1) is 5.21 Å². The molecule has 0 unspecified atom stereocenters. The number of rotatable bonds is 0. The molecular weight excluding hydrogens is 94.0 g/mol. The second kappa shape index (κ2) is 1.35. The Morgan fingerprint density at radius 3 is 2.71 bits per heavy atom. The molecule has 0 aromatic carbocycles. The van der Waals surface area contributed by atoms with Crippen molar-refractivity contribution in [2.24, 2.45) is 0 Å². The minimum absolute atomic E-state index is 0.000000000000000222. The van der Waals surface area contributed by atoms with Crippen molar-refractivity contribution in [3.8, 4) is 0 Å². The number of hydrogen-bond donors (Lipinski definition) is 0. The number of nitrogens with zero attached hydrogens (tertiary/aromatic N) is 1. The second-order valence-electron chi connectivity index (χ2n) is 1.36. The van der Waals surface area contributed by atoms with E-state index in [0.717, 1.165) is 0 Å². The van der Waals surface area contributed by atoms with Gasteiger partial charge in [-0.25, -0.2) is 0 Å². The van der Waals surface area contributed by atoms with E-state index in [2.05, 4.69) is 0 Å². The van der Waals surface area contributed by atoms with Gasteiger partial charge in [-0.1, -0.05) is 0 Å². The first-order chi connectivity index (χ1) is 3.29. The van der Waals surface area contributed by atoms with E-state index in [1.165, 1.54) is 12.3 Å². The number of carbonyl (C=O) groups excluding carboxylic acids is 1. The third-order valence-electron chi connectivity index (χ3n) is 0.738. The SMILES string of the molecule is O=C1C=CN([O-])C1. The van der Waals surface area contributed by atoms with Crippen molar-refractivity contribution in [3.05, 3.63) is 17.5 Å². The Kier molecular flexibility index (Phi) is 0.834. The summed E-state index contributed by atoms with van der Waals surface area (Å²) < 4.78 is 0. The Bertz CT molecular complexity index is 119. The molecule has 0 amide bonds. The van der Waals surface area contributed by atoms with Gasteiger partial charge in [0.15, 0.2) is 5.78 Å². The Morgan fingerprint density at radius 1 is 1.86 bits per heavy atom. The normalized spacial score (nSPS) is 19.0. The molecule has 7 heavy (non-hydrogen) atoms. The van der Waals surface area contributed by atoms with E-state index in [0.29, 0.717) is 5.06 Å². The van der Waals surface area contributed by atoms with Gasteiger partial charge in [-0.05, 0) is 12.3 Å². The fourth-order valence-corrected chi connectivity index (χ4v) is 0.425. The van der Waals surface area contributed by atoms with Crippen LogP contribution in [-0.2, 0) is 4.79 Å². The molecule has 3 nitrogen and oxygen atoms in total. The Labute approximate surface area is 40.8 Å². The van der Waals surface area contributed by atoms with Crippen LogP contribution in [0.3, 0.4) is 0 Å². The molecule has 1 aliphatic rings. The van der Waals surface area contributed by atoms with Crippen molar-refractivity contribution < 1.29 is 4.79 Å². The van der Waals surface area contributed by atoms with Crippen LogP contribution in [0.5, 0.6) is 0 Å². The molecule has 1 rings (SSSR count). The van der Waals surface area contributed by atoms with E-state index in [9.17, 15) is 10.0 Å². The zero-order valence-corrected chi connectivity index (χ0v) is 3.63. The molecule has 0 aliphatic carbocycles. The first kappa shape index (κ1) is 4.33. The number of hydroxylamine groups is 2. The summed E-state index contributed by atoms with van der Waals surface area (Å²) in [6.45, 7) is -0.000000000000000222. The fourth-order valence-electron chi connectivity index (χ4n) is 0.425. The van der Waals surface area contributed by atoms with E-state index < -0.39 is 0 Å². The summed E-state index contributed by atoms with van der Waals surface area (Å²) in [6.07, 6.45) is 2.50. The lowest BCUT2D eigenvalue weighted by atomic mass is 10.4. The van der Waals surface area contributed by atoms with E-state index >= 15 is 0 Å². The summed E-state index contributed by atoms with van der Waals surface area (Å²) in [5.74, 6) is -0.116. The van der Waals surface area contributed by atoms with Gasteiger partial charge in [0.2, 0.25) is 0 Å². The first-order valence-corrected chi connectivity index (χ1v) is 1.94. The maximum absolute atomic E-state index is 10.1. The van der Waals surface area contributed by atoms with Gasteiger partial charge in [0.25, 0.3) is 0 Å². The Morgan fingerprint density at radius 2 is 2.57 bits per heavy atom. The molecule has 0 fully saturated rings. The van der Waals surface area contributed by atoms with Crippen LogP contribution in [0.4, 0.5) is 0 Å². The van der Waals surface area contributed by atoms with Gasteiger partial charge in [0.05, 0.1) is 6.54 Å². The van der Waals surface area contributed by atoms with Crippen LogP contribution in [0.1, 0.15) is 0 Å². The monoisotopic (exact) mass is 98.0 g/mol. The first-order valence-electron chi connectivity index (χ1n) is 1.94. The standard InChI is InChI=1S/C4H4NO2/c6-4-1-2-5(7)3-4/h1-2H,3H2/q-1. The number of ketones is 1. The molecule has 0 spiro atoms. The van der Waals surface area contributed by atoms with Crippen LogP contribution in [-0.4, -0.2) is 17.4 Å². The molecule has 0 saturated heterocycles. The second-order valence-corrected chi connectivity index (χ2v) is 1.36. The topological polar surface area (TPSA) is 43.4 Å². The van der Waals surface area contributed by atoms with Crippen molar-refractivity contribution >= 4 is 5.78 Å². The molecule has 0 aromatic heterocycles. The van der Waals surface area contributed by atoms with Gasteiger partial charge in [0, 0.05) is 0 Å². The molecule has 0 aromatic rings. The van der Waals surface area contributed by atoms with Gasteiger partial charge < -0.3 is 10.3 Å². The van der Waals surface area contributed by atoms with Crippen molar-refractivity contribution in [3.63, 3.8) is 0 Å². The van der Waals surface area contributed by atoms with Crippen molar-refractivity contribution in [2.45, 2.75) is 0 Å². The van der Waals surface area contributed by atoms with Crippen molar-refractivity contribution in [1.82, 2.24) is 5.06 Å². The zero-order valence-electron chi connectivity index (χ0n) is 3.63. The quantitative estimate of drug-likeness (QED) is 0.424. The average molecular weight is 98.1 g/mol. The Balaban J connectivity index is 2.58. The van der Waals surface area contributed by atoms with Gasteiger partial charge in [-0.2, -0.15) is 0 Å². The van der Waals surface area contributed by atoms with E-state index in [-0.39, 0.29) is 12.3 Å². The van der Waals surface area contributed by atoms with Crippen LogP contribution in [0.15, 0.2) is 12.3 Å². The smallest absolute Gasteiger partial charge is 0.175 e. The lowest BCUT2D eigenvalue weighted by molar-refractivity contribution is -0.113. The molecule has 0 bridgehead atoms. The predicted molar refractivity (Wildman–Crippen MR) is 24.2 cm³/mol. The summed E-state index contributed by atoms with van der Waals surface area (Å²) in [5, 5.41) is 10.7. The Hall–Kier alpha value is -0.830. The van der Waals surface area contributed by atoms with Gasteiger partial charge in [-0.15, -0.1) is 0 Å².